The second-order valence-electron chi connectivity index (χ2n) is 8.24. The molecule has 0 atom stereocenters. The third-order valence-corrected chi connectivity index (χ3v) is 7.20. The number of nitrogens with one attached hydrogen (secondary N) is 2. The molecule has 0 spiro atoms. The van der Waals surface area contributed by atoms with Crippen molar-refractivity contribution in [2.75, 3.05) is 25.0 Å². The third-order valence-electron chi connectivity index (χ3n) is 5.79. The molecule has 4 rings (SSSR count). The fraction of sp³-hybridized carbons (Fsp3) is 0.320. The van der Waals surface area contributed by atoms with Gasteiger partial charge < -0.3 is 20.3 Å². The largest absolute Gasteiger partial charge is 0.573 e. The summed E-state index contributed by atoms with van der Waals surface area (Å²) in [5.41, 5.74) is 2.18. The quantitative estimate of drug-likeness (QED) is 0.376. The van der Waals surface area contributed by atoms with Gasteiger partial charge in [-0.3, -0.25) is 4.79 Å². The van der Waals surface area contributed by atoms with Crippen molar-refractivity contribution in [1.82, 2.24) is 15.2 Å². The number of anilines is 1. The Kier molecular flexibility index (Phi) is 8.10. The van der Waals surface area contributed by atoms with E-state index in [1.165, 1.54) is 35.6 Å². The van der Waals surface area contributed by atoms with Gasteiger partial charge in [0.05, 0.1) is 5.01 Å². The molecule has 190 valence electrons. The van der Waals surface area contributed by atoms with Gasteiger partial charge in [-0.15, -0.1) is 24.5 Å². The number of thiocarbonyl (C=S) groups is 1. The summed E-state index contributed by atoms with van der Waals surface area (Å²) < 4.78 is 41.3. The first kappa shape index (κ1) is 25.9. The van der Waals surface area contributed by atoms with E-state index in [-0.39, 0.29) is 17.6 Å². The first-order valence-corrected chi connectivity index (χ1v) is 12.8. The minimum Gasteiger partial charge on any atom is -0.406 e. The normalized spacial score (nSPS) is 14.4. The van der Waals surface area contributed by atoms with Gasteiger partial charge in [0.25, 0.3) is 5.91 Å². The second kappa shape index (κ2) is 11.3. The fourth-order valence-electron chi connectivity index (χ4n) is 4.04. The van der Waals surface area contributed by atoms with E-state index in [1.54, 1.807) is 29.6 Å². The number of amides is 1. The maximum atomic E-state index is 13.0. The van der Waals surface area contributed by atoms with Crippen molar-refractivity contribution in [2.24, 2.45) is 0 Å². The maximum absolute atomic E-state index is 13.0. The molecule has 1 aliphatic rings. The molecule has 36 heavy (non-hydrogen) atoms. The predicted octanol–water partition coefficient (Wildman–Crippen LogP) is 6.03. The van der Waals surface area contributed by atoms with Crippen LogP contribution in [0.2, 0.25) is 0 Å². The zero-order valence-electron chi connectivity index (χ0n) is 19.5. The van der Waals surface area contributed by atoms with Gasteiger partial charge in [-0.2, -0.15) is 0 Å². The van der Waals surface area contributed by atoms with Crippen LogP contribution in [0.5, 0.6) is 5.75 Å². The predicted molar refractivity (Wildman–Crippen MR) is 138 cm³/mol. The molecule has 0 radical (unpaired) electrons. The first-order chi connectivity index (χ1) is 17.2. The second-order valence-corrected chi connectivity index (χ2v) is 9.52. The van der Waals surface area contributed by atoms with Crippen molar-refractivity contribution < 1.29 is 22.7 Å². The van der Waals surface area contributed by atoms with Crippen LogP contribution < -0.4 is 15.4 Å². The molecule has 6 nitrogen and oxygen atoms in total. The highest BCUT2D eigenvalue weighted by Crippen LogP contribution is 2.33. The van der Waals surface area contributed by atoms with Gasteiger partial charge in [0.1, 0.15) is 11.4 Å². The zero-order chi connectivity index (χ0) is 25.7. The van der Waals surface area contributed by atoms with Gasteiger partial charge in [0, 0.05) is 42.2 Å². The van der Waals surface area contributed by atoms with Gasteiger partial charge in [-0.25, -0.2) is 4.98 Å². The Morgan fingerprint density at radius 1 is 1.17 bits per heavy atom. The highest BCUT2D eigenvalue weighted by Gasteiger charge is 2.31. The molecule has 11 heteroatoms. The zero-order valence-corrected chi connectivity index (χ0v) is 21.1. The minimum atomic E-state index is -4.75. The number of rotatable bonds is 6. The molecular formula is C25H25F3N4O2S2. The van der Waals surface area contributed by atoms with E-state index in [0.717, 1.165) is 42.6 Å². The van der Waals surface area contributed by atoms with Crippen LogP contribution >= 0.6 is 23.6 Å². The Morgan fingerprint density at radius 3 is 2.53 bits per heavy atom. The van der Waals surface area contributed by atoms with Crippen LogP contribution in [0.1, 0.15) is 41.2 Å². The average molecular weight is 535 g/mol. The number of aromatic nitrogens is 1. The summed E-state index contributed by atoms with van der Waals surface area (Å²) in [6, 6.07) is 12.6. The van der Waals surface area contributed by atoms with Gasteiger partial charge in [0.15, 0.2) is 5.11 Å². The van der Waals surface area contributed by atoms with Gasteiger partial charge in [0.2, 0.25) is 0 Å². The highest BCUT2D eigenvalue weighted by atomic mass is 32.1. The lowest BCUT2D eigenvalue weighted by atomic mass is 9.98. The van der Waals surface area contributed by atoms with E-state index in [9.17, 15) is 18.0 Å². The maximum Gasteiger partial charge on any atom is 0.573 e. The number of benzene rings is 2. The van der Waals surface area contributed by atoms with Crippen LogP contribution in [0.15, 0.2) is 53.9 Å². The molecule has 2 heterocycles. The summed E-state index contributed by atoms with van der Waals surface area (Å²) in [6.45, 7) is 4.50. The summed E-state index contributed by atoms with van der Waals surface area (Å²) in [6.07, 6.45) is -2.93. The summed E-state index contributed by atoms with van der Waals surface area (Å²) in [7, 11) is 0. The van der Waals surface area contributed by atoms with Crippen molar-refractivity contribution in [3.05, 3.63) is 64.6 Å². The van der Waals surface area contributed by atoms with Crippen molar-refractivity contribution >= 4 is 40.3 Å². The SMILES string of the molecule is CCNC(=S)N1CCC(c2nc(C(=O)Nc3ccccc3-c3ccc(OC(F)(F)F)cc3)cs2)CC1. The number of para-hydroxylation sites is 1. The van der Waals surface area contributed by atoms with Crippen molar-refractivity contribution in [3.8, 4) is 16.9 Å². The lowest BCUT2D eigenvalue weighted by molar-refractivity contribution is -0.274. The van der Waals surface area contributed by atoms with Crippen LogP contribution in [0.25, 0.3) is 11.1 Å². The van der Waals surface area contributed by atoms with E-state index >= 15 is 0 Å². The molecule has 0 bridgehead atoms. The highest BCUT2D eigenvalue weighted by molar-refractivity contribution is 7.80. The number of ether oxygens (including phenoxy) is 1. The molecule has 0 saturated carbocycles. The lowest BCUT2D eigenvalue weighted by Gasteiger charge is -2.33. The standard InChI is InChI=1S/C25H25F3N4O2S2/c1-2-29-24(35)32-13-11-17(12-14-32)23-31-21(15-36-23)22(33)30-20-6-4-3-5-19(20)16-7-9-18(10-8-16)34-25(26,27)28/h3-10,15,17H,2,11-14H2,1H3,(H,29,35)(H,30,33). The molecule has 0 unspecified atom stereocenters. The summed E-state index contributed by atoms with van der Waals surface area (Å²) in [4.78, 5) is 19.7. The molecule has 1 aliphatic heterocycles. The monoisotopic (exact) mass is 534 g/mol. The van der Waals surface area contributed by atoms with Crippen molar-refractivity contribution in [1.29, 1.82) is 0 Å². The van der Waals surface area contributed by atoms with Crippen molar-refractivity contribution in [2.45, 2.75) is 32.0 Å². The molecule has 2 aromatic carbocycles. The molecular weight excluding hydrogens is 509 g/mol. The third kappa shape index (κ3) is 6.52. The van der Waals surface area contributed by atoms with Crippen molar-refractivity contribution in [3.63, 3.8) is 0 Å². The Balaban J connectivity index is 1.42. The van der Waals surface area contributed by atoms with Crippen LogP contribution in [-0.4, -0.2) is 46.9 Å². The number of hydrogen-bond donors (Lipinski definition) is 2. The van der Waals surface area contributed by atoms with Gasteiger partial charge in [-0.1, -0.05) is 30.3 Å². The number of halogens is 3. The number of nitrogens with zero attached hydrogens (tertiary/aromatic N) is 2. The number of likely N-dealkylation sites (tertiary alicyclic amines) is 1. The first-order valence-electron chi connectivity index (χ1n) is 11.5. The van der Waals surface area contributed by atoms with E-state index in [2.05, 4.69) is 25.3 Å². The summed E-state index contributed by atoms with van der Waals surface area (Å²) in [5, 5.41) is 9.53. The Morgan fingerprint density at radius 2 is 1.86 bits per heavy atom. The van der Waals surface area contributed by atoms with E-state index < -0.39 is 6.36 Å². The molecule has 2 N–H and O–H groups in total. The Hall–Kier alpha value is -3.18. The average Bonchev–Trinajstić information content (AvgIpc) is 3.35. The molecule has 1 fully saturated rings. The Bertz CT molecular complexity index is 1210. The van der Waals surface area contributed by atoms with Crippen LogP contribution in [-0.2, 0) is 0 Å². The number of piperidine rings is 1. The van der Waals surface area contributed by atoms with Gasteiger partial charge in [-0.05, 0) is 55.7 Å². The summed E-state index contributed by atoms with van der Waals surface area (Å²) in [5.74, 6) is -0.369. The number of alkyl halides is 3. The molecule has 1 amide bonds. The fourth-order valence-corrected chi connectivity index (χ4v) is 5.34. The molecule has 0 aliphatic carbocycles. The van der Waals surface area contributed by atoms with Crippen LogP contribution in [0.4, 0.5) is 18.9 Å². The number of carbonyl (C=O) groups excluding carboxylic acids is 1. The molecule has 3 aromatic rings. The smallest absolute Gasteiger partial charge is 0.406 e. The number of hydrogen-bond acceptors (Lipinski definition) is 5. The van der Waals surface area contributed by atoms with E-state index in [4.69, 9.17) is 12.2 Å². The summed E-state index contributed by atoms with van der Waals surface area (Å²) >= 11 is 6.88. The van der Waals surface area contributed by atoms with E-state index in [0.29, 0.717) is 22.5 Å². The number of thiazole rings is 1. The minimum absolute atomic E-state index is 0.280. The van der Waals surface area contributed by atoms with Crippen LogP contribution in [0, 0.1) is 0 Å². The molecule has 1 aromatic heterocycles. The Labute approximate surface area is 216 Å². The topological polar surface area (TPSA) is 66.5 Å². The van der Waals surface area contributed by atoms with Gasteiger partial charge >= 0.3 is 6.36 Å². The number of carbonyl (C=O) groups is 1. The lowest BCUT2D eigenvalue weighted by Crippen LogP contribution is -2.43. The van der Waals surface area contributed by atoms with Crippen LogP contribution in [0.3, 0.4) is 0 Å². The van der Waals surface area contributed by atoms with E-state index in [1.807, 2.05) is 6.92 Å². The molecule has 1 saturated heterocycles.